The Morgan fingerprint density at radius 3 is 2.68 bits per heavy atom. The van der Waals surface area contributed by atoms with Crippen molar-refractivity contribution < 1.29 is 0 Å². The molecule has 0 spiro atoms. The van der Waals surface area contributed by atoms with E-state index in [0.717, 1.165) is 22.7 Å². The number of imidazole rings is 1. The molecule has 0 saturated carbocycles. The van der Waals surface area contributed by atoms with Crippen molar-refractivity contribution >= 4 is 22.8 Å². The Hall–Kier alpha value is -3.48. The number of aromatic nitrogens is 5. The number of fused-ring (bicyclic) bond motifs is 1. The van der Waals surface area contributed by atoms with E-state index < -0.39 is 0 Å². The maximum atomic E-state index is 5.73. The van der Waals surface area contributed by atoms with Crippen molar-refractivity contribution in [2.45, 2.75) is 13.0 Å². The van der Waals surface area contributed by atoms with Gasteiger partial charge in [-0.25, -0.2) is 19.9 Å². The van der Waals surface area contributed by atoms with Gasteiger partial charge >= 0.3 is 0 Å². The molecular weight excluding hydrogens is 314 g/mol. The average Bonchev–Trinajstić information content (AvgIpc) is 3.02. The van der Waals surface area contributed by atoms with Crippen LogP contribution in [0.3, 0.4) is 0 Å². The first-order chi connectivity index (χ1) is 12.2. The predicted octanol–water partition coefficient (Wildman–Crippen LogP) is 2.97. The number of nitrogens with two attached hydrogens (primary N) is 1. The van der Waals surface area contributed by atoms with Crippen LogP contribution in [-0.2, 0) is 0 Å². The summed E-state index contributed by atoms with van der Waals surface area (Å²) in [5, 5.41) is 3.33. The maximum absolute atomic E-state index is 5.73. The smallest absolute Gasteiger partial charge is 0.164 e. The number of pyridine rings is 1. The summed E-state index contributed by atoms with van der Waals surface area (Å²) in [5.74, 6) is 1.92. The molecule has 4 rings (SSSR count). The SMILES string of the molecule is C[C@@H](Nc1cc(N)ncn1)c1nc2cccnc2n1-c1ccccc1. The van der Waals surface area contributed by atoms with E-state index in [1.54, 1.807) is 12.3 Å². The standard InChI is InChI=1S/C18H17N7/c1-12(23-16-10-15(19)21-11-22-16)17-24-14-8-5-9-20-18(14)25(17)13-6-3-2-4-7-13/h2-12H,1H3,(H3,19,21,22,23)/t12-/m1/s1. The van der Waals surface area contributed by atoms with Crippen LogP contribution in [0, 0.1) is 0 Å². The first-order valence-corrected chi connectivity index (χ1v) is 7.95. The monoisotopic (exact) mass is 331 g/mol. The Labute approximate surface area is 144 Å². The summed E-state index contributed by atoms with van der Waals surface area (Å²) >= 11 is 0. The number of hydrogen-bond donors (Lipinski definition) is 2. The van der Waals surface area contributed by atoms with Gasteiger partial charge in [0.05, 0.1) is 6.04 Å². The molecule has 0 bridgehead atoms. The Balaban J connectivity index is 1.81. The molecule has 4 aromatic rings. The molecule has 0 aliphatic rings. The predicted molar refractivity (Wildman–Crippen MR) is 97.3 cm³/mol. The van der Waals surface area contributed by atoms with E-state index >= 15 is 0 Å². The third-order valence-corrected chi connectivity index (χ3v) is 3.90. The van der Waals surface area contributed by atoms with E-state index in [-0.39, 0.29) is 6.04 Å². The Kier molecular flexibility index (Phi) is 3.74. The molecule has 124 valence electrons. The third-order valence-electron chi connectivity index (χ3n) is 3.90. The topological polar surface area (TPSA) is 94.5 Å². The molecule has 0 aliphatic heterocycles. The van der Waals surface area contributed by atoms with Crippen LogP contribution >= 0.6 is 0 Å². The van der Waals surface area contributed by atoms with Gasteiger partial charge in [-0.15, -0.1) is 0 Å². The highest BCUT2D eigenvalue weighted by atomic mass is 15.2. The van der Waals surface area contributed by atoms with Crippen molar-refractivity contribution in [2.24, 2.45) is 0 Å². The van der Waals surface area contributed by atoms with E-state index in [9.17, 15) is 0 Å². The van der Waals surface area contributed by atoms with Gasteiger partial charge in [0, 0.05) is 18.0 Å². The van der Waals surface area contributed by atoms with Gasteiger partial charge in [-0.1, -0.05) is 18.2 Å². The largest absolute Gasteiger partial charge is 0.384 e. The lowest BCUT2D eigenvalue weighted by atomic mass is 10.2. The van der Waals surface area contributed by atoms with Crippen molar-refractivity contribution in [2.75, 3.05) is 11.1 Å². The highest BCUT2D eigenvalue weighted by Gasteiger charge is 2.19. The number of hydrogen-bond acceptors (Lipinski definition) is 6. The summed E-state index contributed by atoms with van der Waals surface area (Å²) < 4.78 is 2.05. The minimum atomic E-state index is -0.108. The molecule has 0 saturated heterocycles. The fourth-order valence-electron chi connectivity index (χ4n) is 2.79. The van der Waals surface area contributed by atoms with Crippen LogP contribution in [0.25, 0.3) is 16.9 Å². The number of nitrogens with zero attached hydrogens (tertiary/aromatic N) is 5. The first kappa shape index (κ1) is 15.1. The second-order valence-electron chi connectivity index (χ2n) is 5.68. The van der Waals surface area contributed by atoms with Crippen molar-refractivity contribution in [3.63, 3.8) is 0 Å². The Morgan fingerprint density at radius 1 is 1.04 bits per heavy atom. The van der Waals surface area contributed by atoms with E-state index in [0.29, 0.717) is 11.6 Å². The van der Waals surface area contributed by atoms with Gasteiger partial charge in [-0.3, -0.25) is 4.57 Å². The fraction of sp³-hybridized carbons (Fsp3) is 0.111. The molecule has 3 aromatic heterocycles. The zero-order valence-electron chi connectivity index (χ0n) is 13.7. The summed E-state index contributed by atoms with van der Waals surface area (Å²) in [7, 11) is 0. The van der Waals surface area contributed by atoms with Crippen molar-refractivity contribution in [1.29, 1.82) is 0 Å². The molecule has 0 unspecified atom stereocenters. The molecule has 25 heavy (non-hydrogen) atoms. The van der Waals surface area contributed by atoms with Crippen LogP contribution in [0.1, 0.15) is 18.8 Å². The van der Waals surface area contributed by atoms with Gasteiger partial charge in [0.15, 0.2) is 5.65 Å². The quantitative estimate of drug-likeness (QED) is 0.597. The highest BCUT2D eigenvalue weighted by molar-refractivity contribution is 5.74. The van der Waals surface area contributed by atoms with Crippen molar-refractivity contribution in [3.8, 4) is 5.69 Å². The van der Waals surface area contributed by atoms with Crippen LogP contribution in [0.4, 0.5) is 11.6 Å². The lowest BCUT2D eigenvalue weighted by molar-refractivity contribution is 0.766. The van der Waals surface area contributed by atoms with Crippen LogP contribution in [0.2, 0.25) is 0 Å². The summed E-state index contributed by atoms with van der Waals surface area (Å²) in [6, 6.07) is 15.5. The summed E-state index contributed by atoms with van der Waals surface area (Å²) in [4.78, 5) is 17.4. The molecule has 1 atom stereocenters. The minimum Gasteiger partial charge on any atom is -0.384 e. The Morgan fingerprint density at radius 2 is 1.88 bits per heavy atom. The molecular formula is C18H17N7. The molecule has 3 N–H and O–H groups in total. The molecule has 3 heterocycles. The summed E-state index contributed by atoms with van der Waals surface area (Å²) in [6.07, 6.45) is 3.21. The van der Waals surface area contributed by atoms with Gasteiger partial charge < -0.3 is 11.1 Å². The second kappa shape index (κ2) is 6.20. The van der Waals surface area contributed by atoms with E-state index in [4.69, 9.17) is 10.7 Å². The molecule has 1 aromatic carbocycles. The summed E-state index contributed by atoms with van der Waals surface area (Å²) in [6.45, 7) is 2.03. The van der Waals surface area contributed by atoms with Gasteiger partial charge in [-0.2, -0.15) is 0 Å². The first-order valence-electron chi connectivity index (χ1n) is 7.95. The number of nitrogen functional groups attached to an aromatic ring is 1. The number of nitrogens with one attached hydrogen (secondary N) is 1. The molecule has 0 aliphatic carbocycles. The number of benzene rings is 1. The van der Waals surface area contributed by atoms with Crippen LogP contribution < -0.4 is 11.1 Å². The molecule has 0 fully saturated rings. The van der Waals surface area contributed by atoms with Crippen molar-refractivity contribution in [3.05, 3.63) is 66.9 Å². The molecule has 7 heteroatoms. The zero-order chi connectivity index (χ0) is 17.2. The van der Waals surface area contributed by atoms with Crippen LogP contribution in [0.15, 0.2) is 61.1 Å². The number of rotatable bonds is 4. The van der Waals surface area contributed by atoms with Crippen LogP contribution in [-0.4, -0.2) is 24.5 Å². The van der Waals surface area contributed by atoms with E-state index in [1.807, 2.05) is 49.4 Å². The zero-order valence-corrected chi connectivity index (χ0v) is 13.7. The van der Waals surface area contributed by atoms with Gasteiger partial charge in [0.1, 0.15) is 29.3 Å². The van der Waals surface area contributed by atoms with Crippen molar-refractivity contribution in [1.82, 2.24) is 24.5 Å². The third kappa shape index (κ3) is 2.87. The summed E-state index contributed by atoms with van der Waals surface area (Å²) in [5.41, 5.74) is 8.41. The lowest BCUT2D eigenvalue weighted by Crippen LogP contribution is -2.14. The van der Waals surface area contributed by atoms with Gasteiger partial charge in [0.2, 0.25) is 0 Å². The van der Waals surface area contributed by atoms with Gasteiger partial charge in [0.25, 0.3) is 0 Å². The Bertz CT molecular complexity index is 1010. The van der Waals surface area contributed by atoms with E-state index in [1.165, 1.54) is 6.33 Å². The normalized spacial score (nSPS) is 12.2. The average molecular weight is 331 g/mol. The van der Waals surface area contributed by atoms with E-state index in [2.05, 4.69) is 24.8 Å². The second-order valence-corrected chi connectivity index (χ2v) is 5.68. The highest BCUT2D eigenvalue weighted by Crippen LogP contribution is 2.25. The molecule has 0 radical (unpaired) electrons. The lowest BCUT2D eigenvalue weighted by Gasteiger charge is -2.16. The van der Waals surface area contributed by atoms with Crippen LogP contribution in [0.5, 0.6) is 0 Å². The fourth-order valence-corrected chi connectivity index (χ4v) is 2.79. The maximum Gasteiger partial charge on any atom is 0.164 e. The molecule has 7 nitrogen and oxygen atoms in total. The minimum absolute atomic E-state index is 0.108. The number of anilines is 2. The molecule has 0 amide bonds. The number of para-hydroxylation sites is 1. The van der Waals surface area contributed by atoms with Gasteiger partial charge in [-0.05, 0) is 31.2 Å².